The number of carboxylic acid groups (broad SMARTS) is 1. The Morgan fingerprint density at radius 1 is 1.26 bits per heavy atom. The van der Waals surface area contributed by atoms with E-state index in [-0.39, 0.29) is 51.3 Å². The predicted octanol–water partition coefficient (Wildman–Crippen LogP) is 3.24. The minimum absolute atomic E-state index is 0.0192. The Bertz CT molecular complexity index is 1520. The Balaban J connectivity index is 1.31. The van der Waals surface area contributed by atoms with Crippen LogP contribution in [0.5, 0.6) is 0 Å². The van der Waals surface area contributed by atoms with Crippen LogP contribution in [0.15, 0.2) is 46.0 Å². The smallest absolute Gasteiger partial charge is 0.338 e. The van der Waals surface area contributed by atoms with Crippen molar-refractivity contribution in [3.8, 4) is 0 Å². The van der Waals surface area contributed by atoms with Crippen LogP contribution in [0.4, 0.5) is 8.78 Å². The monoisotopic (exact) mass is 613 g/mol. The summed E-state index contributed by atoms with van der Waals surface area (Å²) < 4.78 is 36.3. The Morgan fingerprint density at radius 3 is 2.72 bits per heavy atom. The van der Waals surface area contributed by atoms with Crippen molar-refractivity contribution in [3.05, 3.63) is 63.0 Å². The minimum Gasteiger partial charge on any atom is -0.481 e. The van der Waals surface area contributed by atoms with Gasteiger partial charge < -0.3 is 20.1 Å². The van der Waals surface area contributed by atoms with E-state index < -0.39 is 46.7 Å². The van der Waals surface area contributed by atoms with Crippen molar-refractivity contribution in [1.82, 2.24) is 20.1 Å². The maximum absolute atomic E-state index is 16.1. The molecule has 4 aliphatic rings. The fourth-order valence-electron chi connectivity index (χ4n) is 6.39. The highest BCUT2D eigenvalue weighted by Crippen LogP contribution is 2.49. The number of piperidine rings is 1. The molecule has 0 unspecified atom stereocenters. The second kappa shape index (κ2) is 11.1. The minimum atomic E-state index is -2.06. The number of carbonyl (C=O) groups is 3. The molecule has 2 N–H and O–H groups in total. The van der Waals surface area contributed by atoms with Crippen molar-refractivity contribution >= 4 is 35.0 Å². The van der Waals surface area contributed by atoms with Crippen LogP contribution in [0.2, 0.25) is 0 Å². The topological polar surface area (TPSA) is 124 Å². The van der Waals surface area contributed by atoms with Gasteiger partial charge in [0.1, 0.15) is 11.9 Å². The number of aliphatic carboxylic acids is 1. The third-order valence-corrected chi connectivity index (χ3v) is 9.82. The standard InChI is InChI=1S/C30H33F2N5O5S/c1-3-42-26(38)22-21(34-24(25-33-10-12-43-25)35-23(22)19-5-4-6-20(31)17(19)2)15-36-11-9-30(32)18(13-36)14-37(27(30)39)16-29(7-8-29)28(40)41/h4-6,10,12,18,23H,3,7-9,11,13-16H2,1-2H3,(H,34,35)(H,40,41)/t18-,23-,30+/m0/s1. The molecule has 1 amide bonds. The first-order chi connectivity index (χ1) is 20.6. The first kappa shape index (κ1) is 29.4. The summed E-state index contributed by atoms with van der Waals surface area (Å²) in [5.74, 6) is -2.83. The van der Waals surface area contributed by atoms with Crippen LogP contribution >= 0.6 is 11.3 Å². The zero-order chi connectivity index (χ0) is 30.5. The van der Waals surface area contributed by atoms with Crippen LogP contribution in [0, 0.1) is 24.1 Å². The molecule has 3 atom stereocenters. The van der Waals surface area contributed by atoms with E-state index in [0.29, 0.717) is 40.5 Å². The predicted molar refractivity (Wildman–Crippen MR) is 154 cm³/mol. The van der Waals surface area contributed by atoms with Gasteiger partial charge in [-0.25, -0.2) is 18.6 Å². The zero-order valence-corrected chi connectivity index (χ0v) is 24.8. The molecule has 1 aromatic carbocycles. The number of fused-ring (bicyclic) bond motifs is 1. The van der Waals surface area contributed by atoms with E-state index in [2.05, 4.69) is 10.3 Å². The molecule has 0 radical (unpaired) electrons. The molecule has 10 nitrogen and oxygen atoms in total. The second-order valence-electron chi connectivity index (χ2n) is 11.7. The molecular formula is C30H33F2N5O5S. The number of hydrogen-bond donors (Lipinski definition) is 2. The number of esters is 1. The maximum atomic E-state index is 16.1. The number of carbonyl (C=O) groups excluding carboxylic acids is 2. The lowest BCUT2D eigenvalue weighted by atomic mass is 9.84. The molecule has 1 aromatic heterocycles. The van der Waals surface area contributed by atoms with E-state index in [1.54, 1.807) is 37.6 Å². The number of amides is 1. The quantitative estimate of drug-likeness (QED) is 0.414. The van der Waals surface area contributed by atoms with Crippen molar-refractivity contribution in [1.29, 1.82) is 0 Å². The van der Waals surface area contributed by atoms with Gasteiger partial charge in [-0.15, -0.1) is 11.3 Å². The van der Waals surface area contributed by atoms with Crippen molar-refractivity contribution in [2.45, 2.75) is 44.8 Å². The summed E-state index contributed by atoms with van der Waals surface area (Å²) in [7, 11) is 0. The van der Waals surface area contributed by atoms with Gasteiger partial charge in [0.2, 0.25) is 0 Å². The van der Waals surface area contributed by atoms with Crippen molar-refractivity contribution in [2.24, 2.45) is 16.3 Å². The van der Waals surface area contributed by atoms with E-state index in [9.17, 15) is 23.9 Å². The summed E-state index contributed by atoms with van der Waals surface area (Å²) >= 11 is 1.36. The molecule has 1 aliphatic carbocycles. The third-order valence-electron chi connectivity index (χ3n) is 9.04. The average Bonchev–Trinajstić information content (AvgIpc) is 3.47. The molecule has 13 heteroatoms. The summed E-state index contributed by atoms with van der Waals surface area (Å²) in [6, 6.07) is 3.79. The number of aliphatic imine (C=N–C) groups is 1. The lowest BCUT2D eigenvalue weighted by Gasteiger charge is -2.38. The highest BCUT2D eigenvalue weighted by molar-refractivity contribution is 7.11. The summed E-state index contributed by atoms with van der Waals surface area (Å²) in [6.45, 7) is 4.28. The third kappa shape index (κ3) is 5.22. The molecule has 2 aromatic rings. The Kier molecular flexibility index (Phi) is 7.57. The molecule has 4 heterocycles. The van der Waals surface area contributed by atoms with Crippen LogP contribution in [0.1, 0.15) is 48.4 Å². The number of rotatable bonds is 9. The van der Waals surface area contributed by atoms with Gasteiger partial charge in [0, 0.05) is 62.3 Å². The highest BCUT2D eigenvalue weighted by Gasteiger charge is 2.60. The first-order valence-electron chi connectivity index (χ1n) is 14.4. The number of amidine groups is 1. The summed E-state index contributed by atoms with van der Waals surface area (Å²) in [4.78, 5) is 50.9. The van der Waals surface area contributed by atoms with Gasteiger partial charge in [-0.2, -0.15) is 0 Å². The van der Waals surface area contributed by atoms with Crippen molar-refractivity contribution in [3.63, 3.8) is 0 Å². The largest absolute Gasteiger partial charge is 0.481 e. The normalized spacial score (nSPS) is 26.6. The van der Waals surface area contributed by atoms with E-state index >= 15 is 4.39 Å². The number of alkyl halides is 1. The number of aromatic nitrogens is 1. The van der Waals surface area contributed by atoms with Crippen molar-refractivity contribution < 1.29 is 33.0 Å². The number of carboxylic acids is 1. The van der Waals surface area contributed by atoms with Crippen molar-refractivity contribution in [2.75, 3.05) is 39.3 Å². The van der Waals surface area contributed by atoms with Gasteiger partial charge in [-0.1, -0.05) is 12.1 Å². The highest BCUT2D eigenvalue weighted by atomic mass is 32.1. The number of thiazole rings is 1. The number of halogens is 2. The van der Waals surface area contributed by atoms with Crippen LogP contribution < -0.4 is 5.32 Å². The molecule has 0 spiro atoms. The fraction of sp³-hybridized carbons (Fsp3) is 0.500. The van der Waals surface area contributed by atoms with Gasteiger partial charge in [0.15, 0.2) is 16.5 Å². The summed E-state index contributed by atoms with van der Waals surface area (Å²) in [5, 5.41) is 15.3. The van der Waals surface area contributed by atoms with Gasteiger partial charge in [0.25, 0.3) is 5.91 Å². The molecule has 1 saturated carbocycles. The number of hydrogen-bond acceptors (Lipinski definition) is 9. The van der Waals surface area contributed by atoms with E-state index in [1.165, 1.54) is 22.3 Å². The number of ether oxygens (including phenoxy) is 1. The number of nitrogens with zero attached hydrogens (tertiary/aromatic N) is 4. The maximum Gasteiger partial charge on any atom is 0.338 e. The van der Waals surface area contributed by atoms with Crippen LogP contribution in [-0.2, 0) is 19.1 Å². The van der Waals surface area contributed by atoms with Gasteiger partial charge in [-0.3, -0.25) is 19.5 Å². The van der Waals surface area contributed by atoms with Gasteiger partial charge in [-0.05, 0) is 43.9 Å². The SMILES string of the molecule is CCOC(=O)C1=C(CN2CC[C@]3(F)C(=O)N(CC4(C(=O)O)CC4)C[C@@H]3C2)NC(c2nccs2)=N[C@H]1c1cccc(F)c1C. The number of likely N-dealkylation sites (tertiary alicyclic amines) is 2. The molecular weight excluding hydrogens is 580 g/mol. The molecule has 0 bridgehead atoms. The molecule has 228 valence electrons. The lowest BCUT2D eigenvalue weighted by molar-refractivity contribution is -0.147. The van der Waals surface area contributed by atoms with E-state index in [1.807, 2.05) is 4.90 Å². The first-order valence-corrected chi connectivity index (χ1v) is 15.3. The fourth-order valence-corrected chi connectivity index (χ4v) is 6.98. The summed E-state index contributed by atoms with van der Waals surface area (Å²) in [5.41, 5.74) is -1.44. The zero-order valence-electron chi connectivity index (χ0n) is 23.9. The van der Waals surface area contributed by atoms with Crippen LogP contribution in [-0.4, -0.2) is 88.6 Å². The van der Waals surface area contributed by atoms with Gasteiger partial charge >= 0.3 is 11.9 Å². The molecule has 3 fully saturated rings. The van der Waals surface area contributed by atoms with Crippen LogP contribution in [0.3, 0.4) is 0 Å². The number of benzene rings is 1. The molecule has 3 aliphatic heterocycles. The Labute approximate surface area is 251 Å². The molecule has 6 rings (SSSR count). The number of nitrogens with one attached hydrogen (secondary N) is 1. The second-order valence-corrected chi connectivity index (χ2v) is 12.6. The van der Waals surface area contributed by atoms with Crippen LogP contribution in [0.25, 0.3) is 0 Å². The lowest BCUT2D eigenvalue weighted by Crippen LogP contribution is -2.52. The van der Waals surface area contributed by atoms with Gasteiger partial charge in [0.05, 0.1) is 17.6 Å². The Hall–Kier alpha value is -3.71. The van der Waals surface area contributed by atoms with E-state index in [0.717, 1.165) is 0 Å². The summed E-state index contributed by atoms with van der Waals surface area (Å²) in [6.07, 6.45) is 2.55. The molecule has 43 heavy (non-hydrogen) atoms. The van der Waals surface area contributed by atoms with E-state index in [4.69, 9.17) is 9.73 Å². The Morgan fingerprint density at radius 2 is 2.05 bits per heavy atom. The average molecular weight is 614 g/mol. The molecule has 2 saturated heterocycles.